The van der Waals surface area contributed by atoms with Gasteiger partial charge >= 0.3 is 0 Å². The maximum Gasteiger partial charge on any atom is 0.164 e. The number of fused-ring (bicyclic) bond motifs is 14. The number of furan rings is 1. The van der Waals surface area contributed by atoms with E-state index in [0.29, 0.717) is 17.5 Å². The molecule has 1 aliphatic carbocycles. The Balaban J connectivity index is 1.21. The third kappa shape index (κ3) is 4.87. The van der Waals surface area contributed by atoms with Gasteiger partial charge in [-0.05, 0) is 87.8 Å². The molecule has 0 saturated heterocycles. The van der Waals surface area contributed by atoms with Crippen LogP contribution >= 0.6 is 11.8 Å². The molecule has 2 aliphatic rings. The summed E-state index contributed by atoms with van der Waals surface area (Å²) in [4.78, 5) is 18.0. The highest BCUT2D eigenvalue weighted by Crippen LogP contribution is 2.62. The van der Waals surface area contributed by atoms with Crippen LogP contribution in [-0.4, -0.2) is 15.0 Å². The first-order chi connectivity index (χ1) is 28.6. The molecule has 1 unspecified atom stereocenters. The molecule has 0 N–H and O–H groups in total. The van der Waals surface area contributed by atoms with Gasteiger partial charge in [-0.1, -0.05) is 163 Å². The largest absolute Gasteiger partial charge is 0.456 e. The summed E-state index contributed by atoms with van der Waals surface area (Å²) in [5, 5.41) is 2.25. The smallest absolute Gasteiger partial charge is 0.164 e. The Morgan fingerprint density at radius 1 is 0.397 bits per heavy atom. The minimum atomic E-state index is -0.736. The van der Waals surface area contributed by atoms with Crippen LogP contribution in [0.5, 0.6) is 0 Å². The Bertz CT molecular complexity index is 3300. The van der Waals surface area contributed by atoms with E-state index in [0.717, 1.165) is 44.2 Å². The van der Waals surface area contributed by atoms with Crippen molar-refractivity contribution < 1.29 is 4.42 Å². The number of aryl methyl sites for hydroxylation is 1. The molecule has 0 amide bonds. The van der Waals surface area contributed by atoms with Crippen LogP contribution in [-0.2, 0) is 5.41 Å². The number of hydrogen-bond donors (Lipinski definition) is 0. The second kappa shape index (κ2) is 12.7. The molecule has 1 aliphatic heterocycles. The van der Waals surface area contributed by atoms with Crippen molar-refractivity contribution in [2.75, 3.05) is 0 Å². The van der Waals surface area contributed by atoms with Gasteiger partial charge in [-0.15, -0.1) is 0 Å². The monoisotopic (exact) mass is 759 g/mol. The lowest BCUT2D eigenvalue weighted by atomic mass is 9.63. The van der Waals surface area contributed by atoms with E-state index in [1.54, 1.807) is 0 Å². The summed E-state index contributed by atoms with van der Waals surface area (Å²) in [7, 11) is 0. The molecule has 0 saturated carbocycles. The van der Waals surface area contributed by atoms with Crippen molar-refractivity contribution >= 4 is 33.7 Å². The summed E-state index contributed by atoms with van der Waals surface area (Å²) < 4.78 is 6.69. The van der Waals surface area contributed by atoms with Crippen molar-refractivity contribution in [2.24, 2.45) is 0 Å². The topological polar surface area (TPSA) is 51.8 Å². The molecule has 4 nitrogen and oxygen atoms in total. The average molecular weight is 760 g/mol. The Labute approximate surface area is 339 Å². The SMILES string of the molecule is Cc1cccc(-c2nc(-c3ccccc3)nc(-c3ccc4c(c3)C3(c5ccccc5Sc5cc6c(cc53)oc3ccccc36)c3ccccc3-c3ccccc3-4)n2)c1. The van der Waals surface area contributed by atoms with E-state index >= 15 is 0 Å². The fourth-order valence-corrected chi connectivity index (χ4v) is 10.6. The molecule has 1 spiro atoms. The molecule has 5 heteroatoms. The lowest BCUT2D eigenvalue weighted by Crippen LogP contribution is -2.34. The molecule has 0 bridgehead atoms. The van der Waals surface area contributed by atoms with Gasteiger partial charge < -0.3 is 4.42 Å². The van der Waals surface area contributed by atoms with Gasteiger partial charge in [0.2, 0.25) is 0 Å². The molecule has 3 heterocycles. The van der Waals surface area contributed by atoms with Gasteiger partial charge in [0, 0.05) is 37.3 Å². The molecular formula is C53H33N3OS. The van der Waals surface area contributed by atoms with Gasteiger partial charge in [0.1, 0.15) is 11.2 Å². The average Bonchev–Trinajstić information content (AvgIpc) is 3.60. The quantitative estimate of drug-likeness (QED) is 0.180. The number of nitrogens with zero attached hydrogens (tertiary/aromatic N) is 3. The highest BCUT2D eigenvalue weighted by Gasteiger charge is 2.49. The van der Waals surface area contributed by atoms with Crippen molar-refractivity contribution in [3.05, 3.63) is 210 Å². The van der Waals surface area contributed by atoms with Gasteiger partial charge in [0.15, 0.2) is 17.5 Å². The first kappa shape index (κ1) is 33.1. The maximum absolute atomic E-state index is 6.69. The zero-order chi connectivity index (χ0) is 38.4. The first-order valence-electron chi connectivity index (χ1n) is 19.6. The van der Waals surface area contributed by atoms with E-state index in [4.69, 9.17) is 19.4 Å². The minimum absolute atomic E-state index is 0.626. The van der Waals surface area contributed by atoms with Gasteiger partial charge in [-0.3, -0.25) is 0 Å². The molecule has 58 heavy (non-hydrogen) atoms. The molecule has 8 aromatic carbocycles. The Morgan fingerprint density at radius 2 is 1.02 bits per heavy atom. The lowest BCUT2D eigenvalue weighted by Gasteiger charge is -2.42. The Hall–Kier alpha value is -7.08. The van der Waals surface area contributed by atoms with E-state index in [1.807, 2.05) is 36.0 Å². The second-order valence-electron chi connectivity index (χ2n) is 15.2. The van der Waals surface area contributed by atoms with Crippen LogP contribution in [0.1, 0.15) is 27.8 Å². The van der Waals surface area contributed by atoms with Crippen molar-refractivity contribution in [1.82, 2.24) is 15.0 Å². The van der Waals surface area contributed by atoms with Gasteiger partial charge in [-0.25, -0.2) is 15.0 Å². The van der Waals surface area contributed by atoms with E-state index in [9.17, 15) is 0 Å². The van der Waals surface area contributed by atoms with Crippen LogP contribution < -0.4 is 0 Å². The predicted octanol–water partition coefficient (Wildman–Crippen LogP) is 13.6. The summed E-state index contributed by atoms with van der Waals surface area (Å²) in [6.45, 7) is 2.10. The van der Waals surface area contributed by atoms with Crippen LogP contribution in [0.4, 0.5) is 0 Å². The molecule has 0 fully saturated rings. The van der Waals surface area contributed by atoms with Gasteiger partial charge in [-0.2, -0.15) is 0 Å². The number of benzene rings is 8. The molecule has 2 aromatic heterocycles. The maximum atomic E-state index is 6.69. The van der Waals surface area contributed by atoms with Crippen LogP contribution in [0.15, 0.2) is 196 Å². The van der Waals surface area contributed by atoms with Crippen LogP contribution in [0.25, 0.3) is 78.4 Å². The summed E-state index contributed by atoms with van der Waals surface area (Å²) in [5.41, 5.74) is 14.6. The Morgan fingerprint density at radius 3 is 1.81 bits per heavy atom. The van der Waals surface area contributed by atoms with Crippen LogP contribution in [0.3, 0.4) is 0 Å². The first-order valence-corrected chi connectivity index (χ1v) is 20.4. The minimum Gasteiger partial charge on any atom is -0.456 e. The summed E-state index contributed by atoms with van der Waals surface area (Å²) in [6, 6.07) is 65.2. The third-order valence-corrected chi connectivity index (χ3v) is 13.0. The van der Waals surface area contributed by atoms with E-state index < -0.39 is 5.41 Å². The molecular weight excluding hydrogens is 727 g/mol. The summed E-state index contributed by atoms with van der Waals surface area (Å²) in [6.07, 6.45) is 0. The fraction of sp³-hybridized carbons (Fsp3) is 0.0377. The normalized spacial score (nSPS) is 15.0. The second-order valence-corrected chi connectivity index (χ2v) is 16.3. The van der Waals surface area contributed by atoms with Crippen molar-refractivity contribution in [1.29, 1.82) is 0 Å². The standard InChI is InChI=1S/C53H33N3OS/c1-32-14-13-17-34(28-32)51-54-50(33-15-3-2-4-16-33)55-52(56-51)35-26-27-39-37-19-6-5-18-36(37)38-20-7-9-22-42(38)53(44(39)29-35)43-23-10-12-25-48(43)58-49-30-41-40-21-8-11-24-46(40)57-47(41)31-45(49)53/h2-31H,1H3. The molecule has 272 valence electrons. The van der Waals surface area contributed by atoms with Crippen molar-refractivity contribution in [2.45, 2.75) is 22.1 Å². The highest BCUT2D eigenvalue weighted by molar-refractivity contribution is 7.99. The molecule has 10 aromatic rings. The summed E-state index contributed by atoms with van der Waals surface area (Å²) >= 11 is 1.84. The zero-order valence-corrected chi connectivity index (χ0v) is 32.3. The van der Waals surface area contributed by atoms with Crippen LogP contribution in [0, 0.1) is 6.92 Å². The van der Waals surface area contributed by atoms with E-state index in [2.05, 4.69) is 165 Å². The Kier molecular flexibility index (Phi) is 7.26. The summed E-state index contributed by atoms with van der Waals surface area (Å²) in [5.74, 6) is 1.91. The zero-order valence-electron chi connectivity index (χ0n) is 31.5. The van der Waals surface area contributed by atoms with Crippen molar-refractivity contribution in [3.8, 4) is 56.4 Å². The number of rotatable bonds is 3. The molecule has 0 radical (unpaired) electrons. The van der Waals surface area contributed by atoms with Crippen molar-refractivity contribution in [3.63, 3.8) is 0 Å². The van der Waals surface area contributed by atoms with E-state index in [-0.39, 0.29) is 0 Å². The molecule has 12 rings (SSSR count). The predicted molar refractivity (Wildman–Crippen MR) is 235 cm³/mol. The van der Waals surface area contributed by atoms with E-state index in [1.165, 1.54) is 54.3 Å². The number of hydrogen-bond acceptors (Lipinski definition) is 5. The lowest BCUT2D eigenvalue weighted by molar-refractivity contribution is 0.660. The van der Waals surface area contributed by atoms with Crippen LogP contribution in [0.2, 0.25) is 0 Å². The fourth-order valence-electron chi connectivity index (χ4n) is 9.34. The van der Waals surface area contributed by atoms with Gasteiger partial charge in [0.05, 0.1) is 5.41 Å². The highest BCUT2D eigenvalue weighted by atomic mass is 32.2. The number of aromatic nitrogens is 3. The third-order valence-electron chi connectivity index (χ3n) is 11.9. The molecule has 1 atom stereocenters. The van der Waals surface area contributed by atoms with Gasteiger partial charge in [0.25, 0.3) is 0 Å². The number of para-hydroxylation sites is 1.